The summed E-state index contributed by atoms with van der Waals surface area (Å²) in [5.41, 5.74) is 9.07. The van der Waals surface area contributed by atoms with Gasteiger partial charge in [0, 0.05) is 11.3 Å². The normalized spacial score (nSPS) is 10.7. The van der Waals surface area contributed by atoms with Crippen LogP contribution in [0.1, 0.15) is 18.1 Å². The third-order valence-electron chi connectivity index (χ3n) is 3.54. The Kier molecular flexibility index (Phi) is 8.39. The Balaban J connectivity index is 0.00000288. The van der Waals surface area contributed by atoms with Gasteiger partial charge in [-0.3, -0.25) is 0 Å². The van der Waals surface area contributed by atoms with Gasteiger partial charge >= 0.3 is 0 Å². The van der Waals surface area contributed by atoms with Crippen LogP contribution in [0.3, 0.4) is 0 Å². The average molecular weight is 441 g/mol. The van der Waals surface area contributed by atoms with Crippen LogP contribution in [0, 0.1) is 0 Å². The number of para-hydroxylation sites is 1. The van der Waals surface area contributed by atoms with E-state index in [1.54, 1.807) is 14.2 Å². The molecule has 0 saturated carbocycles. The van der Waals surface area contributed by atoms with Crippen molar-refractivity contribution in [3.05, 3.63) is 53.6 Å². The van der Waals surface area contributed by atoms with Gasteiger partial charge in [-0.25, -0.2) is 4.99 Å². The Morgan fingerprint density at radius 3 is 2.38 bits per heavy atom. The summed E-state index contributed by atoms with van der Waals surface area (Å²) < 4.78 is 10.7. The van der Waals surface area contributed by atoms with Gasteiger partial charge in [0.1, 0.15) is 0 Å². The van der Waals surface area contributed by atoms with Crippen LogP contribution >= 0.6 is 24.0 Å². The van der Waals surface area contributed by atoms with Gasteiger partial charge in [-0.1, -0.05) is 31.2 Å². The highest BCUT2D eigenvalue weighted by molar-refractivity contribution is 14.0. The van der Waals surface area contributed by atoms with Gasteiger partial charge in [-0.15, -0.1) is 24.0 Å². The van der Waals surface area contributed by atoms with Crippen molar-refractivity contribution < 1.29 is 9.47 Å². The lowest BCUT2D eigenvalue weighted by molar-refractivity contribution is 0.352. The minimum Gasteiger partial charge on any atom is -0.493 e. The number of hydrogen-bond donors (Lipinski definition) is 2. The number of nitrogens with one attached hydrogen (secondary N) is 1. The molecule has 0 heterocycles. The molecule has 2 rings (SSSR count). The maximum Gasteiger partial charge on any atom is 0.193 e. The zero-order valence-corrected chi connectivity index (χ0v) is 16.5. The van der Waals surface area contributed by atoms with Crippen LogP contribution < -0.4 is 20.5 Å². The minimum atomic E-state index is 0. The highest BCUT2D eigenvalue weighted by Gasteiger charge is 2.08. The van der Waals surface area contributed by atoms with Gasteiger partial charge in [-0.05, 0) is 30.2 Å². The lowest BCUT2D eigenvalue weighted by Gasteiger charge is -2.11. The Labute approximate surface area is 160 Å². The second-order valence-electron chi connectivity index (χ2n) is 5.03. The maximum absolute atomic E-state index is 5.95. The summed E-state index contributed by atoms with van der Waals surface area (Å²) in [6, 6.07) is 13.8. The summed E-state index contributed by atoms with van der Waals surface area (Å²) >= 11 is 0. The molecule has 0 unspecified atom stereocenters. The number of guanidine groups is 1. The molecule has 0 atom stereocenters. The van der Waals surface area contributed by atoms with Crippen molar-refractivity contribution in [2.45, 2.75) is 19.9 Å². The van der Waals surface area contributed by atoms with Crippen LogP contribution in [0.4, 0.5) is 5.69 Å². The molecular formula is C18H24IN3O2. The minimum absolute atomic E-state index is 0. The average Bonchev–Trinajstić information content (AvgIpc) is 2.60. The van der Waals surface area contributed by atoms with E-state index < -0.39 is 0 Å². The van der Waals surface area contributed by atoms with E-state index >= 15 is 0 Å². The molecule has 3 N–H and O–H groups in total. The molecule has 0 spiro atoms. The molecule has 2 aromatic rings. The molecule has 0 aliphatic rings. The third kappa shape index (κ3) is 5.30. The summed E-state index contributed by atoms with van der Waals surface area (Å²) in [4.78, 5) is 4.36. The predicted octanol–water partition coefficient (Wildman–Crippen LogP) is 3.81. The van der Waals surface area contributed by atoms with Crippen molar-refractivity contribution in [1.82, 2.24) is 0 Å². The number of methoxy groups -OCH3 is 2. The number of rotatable bonds is 6. The summed E-state index contributed by atoms with van der Waals surface area (Å²) in [7, 11) is 3.22. The highest BCUT2D eigenvalue weighted by atomic mass is 127. The Morgan fingerprint density at radius 1 is 1.08 bits per heavy atom. The topological polar surface area (TPSA) is 68.9 Å². The number of benzene rings is 2. The maximum atomic E-state index is 5.95. The first-order valence-corrected chi connectivity index (χ1v) is 7.53. The van der Waals surface area contributed by atoms with Crippen molar-refractivity contribution in [3.8, 4) is 11.5 Å². The van der Waals surface area contributed by atoms with Crippen LogP contribution in [-0.4, -0.2) is 20.2 Å². The van der Waals surface area contributed by atoms with E-state index in [1.165, 1.54) is 5.56 Å². The molecule has 0 bridgehead atoms. The number of nitrogens with zero attached hydrogens (tertiary/aromatic N) is 1. The summed E-state index contributed by atoms with van der Waals surface area (Å²) in [6.07, 6.45) is 1.01. The highest BCUT2D eigenvalue weighted by Crippen LogP contribution is 2.31. The van der Waals surface area contributed by atoms with E-state index in [2.05, 4.69) is 29.4 Å². The molecule has 0 fully saturated rings. The van der Waals surface area contributed by atoms with E-state index in [0.29, 0.717) is 24.0 Å². The first-order valence-electron chi connectivity index (χ1n) is 7.53. The fourth-order valence-corrected chi connectivity index (χ4v) is 2.26. The molecule has 130 valence electrons. The van der Waals surface area contributed by atoms with Gasteiger partial charge in [0.25, 0.3) is 0 Å². The molecule has 2 aromatic carbocycles. The Morgan fingerprint density at radius 2 is 1.79 bits per heavy atom. The van der Waals surface area contributed by atoms with Gasteiger partial charge < -0.3 is 20.5 Å². The summed E-state index contributed by atoms with van der Waals surface area (Å²) in [6.45, 7) is 2.53. The van der Waals surface area contributed by atoms with Crippen LogP contribution in [0.5, 0.6) is 11.5 Å². The molecule has 0 aliphatic carbocycles. The van der Waals surface area contributed by atoms with Crippen molar-refractivity contribution in [2.24, 2.45) is 10.7 Å². The first kappa shape index (κ1) is 20.1. The quantitative estimate of drug-likeness (QED) is 0.407. The van der Waals surface area contributed by atoms with E-state index in [1.807, 2.05) is 30.3 Å². The van der Waals surface area contributed by atoms with E-state index in [4.69, 9.17) is 15.2 Å². The van der Waals surface area contributed by atoms with Crippen molar-refractivity contribution >= 4 is 35.6 Å². The number of halogens is 1. The van der Waals surface area contributed by atoms with Gasteiger partial charge in [-0.2, -0.15) is 0 Å². The zero-order chi connectivity index (χ0) is 16.7. The predicted molar refractivity (Wildman–Crippen MR) is 110 cm³/mol. The monoisotopic (exact) mass is 441 g/mol. The van der Waals surface area contributed by atoms with Gasteiger partial charge in [0.15, 0.2) is 17.5 Å². The van der Waals surface area contributed by atoms with Gasteiger partial charge in [0.2, 0.25) is 0 Å². The molecule has 24 heavy (non-hydrogen) atoms. The number of ether oxygens (including phenoxy) is 2. The van der Waals surface area contributed by atoms with Crippen LogP contribution in [0.2, 0.25) is 0 Å². The molecule has 0 aliphatic heterocycles. The number of aryl methyl sites for hydroxylation is 1. The van der Waals surface area contributed by atoms with Crippen LogP contribution in [0.25, 0.3) is 0 Å². The number of anilines is 1. The largest absolute Gasteiger partial charge is 0.493 e. The number of hydrogen-bond acceptors (Lipinski definition) is 3. The zero-order valence-electron chi connectivity index (χ0n) is 14.2. The second-order valence-corrected chi connectivity index (χ2v) is 5.03. The Hall–Kier alpha value is -1.96. The van der Waals surface area contributed by atoms with E-state index in [0.717, 1.165) is 17.7 Å². The standard InChI is InChI=1S/C18H23N3O2.HI/c1-4-13-8-10-15(11-9-13)21-18(19)20-12-14-6-5-7-16(22-2)17(14)23-3;/h5-11H,4,12H2,1-3H3,(H3,19,20,21);1H. The van der Waals surface area contributed by atoms with Crippen LogP contribution in [-0.2, 0) is 13.0 Å². The van der Waals surface area contributed by atoms with Crippen molar-refractivity contribution in [3.63, 3.8) is 0 Å². The first-order chi connectivity index (χ1) is 11.2. The molecule has 0 aromatic heterocycles. The second kappa shape index (κ2) is 10.0. The molecule has 0 saturated heterocycles. The molecular weight excluding hydrogens is 417 g/mol. The Bertz CT molecular complexity index is 672. The van der Waals surface area contributed by atoms with Crippen molar-refractivity contribution in [1.29, 1.82) is 0 Å². The van der Waals surface area contributed by atoms with E-state index in [-0.39, 0.29) is 24.0 Å². The SMILES string of the molecule is CCc1ccc(NC(N)=NCc2cccc(OC)c2OC)cc1.I. The fraction of sp³-hybridized carbons (Fsp3) is 0.278. The van der Waals surface area contributed by atoms with Gasteiger partial charge in [0.05, 0.1) is 20.8 Å². The van der Waals surface area contributed by atoms with Crippen LogP contribution in [0.15, 0.2) is 47.5 Å². The third-order valence-corrected chi connectivity index (χ3v) is 3.54. The summed E-state index contributed by atoms with van der Waals surface area (Å²) in [5.74, 6) is 1.72. The molecule has 0 amide bonds. The number of nitrogens with two attached hydrogens (primary N) is 1. The molecule has 5 nitrogen and oxygen atoms in total. The fourth-order valence-electron chi connectivity index (χ4n) is 2.26. The summed E-state index contributed by atoms with van der Waals surface area (Å²) in [5, 5.41) is 3.09. The number of aliphatic imine (C=N–C) groups is 1. The lowest BCUT2D eigenvalue weighted by atomic mass is 10.1. The smallest absolute Gasteiger partial charge is 0.193 e. The lowest BCUT2D eigenvalue weighted by Crippen LogP contribution is -2.22. The molecule has 6 heteroatoms. The van der Waals surface area contributed by atoms with E-state index in [9.17, 15) is 0 Å². The molecule has 0 radical (unpaired) electrons. The van der Waals surface area contributed by atoms with Crippen molar-refractivity contribution in [2.75, 3.05) is 19.5 Å².